The summed E-state index contributed by atoms with van der Waals surface area (Å²) in [6, 6.07) is 24.8. The van der Waals surface area contributed by atoms with Gasteiger partial charge in [-0.15, -0.1) is 0 Å². The molecule has 166 valence electrons. The molecule has 33 heavy (non-hydrogen) atoms. The molecule has 1 N–H and O–H groups in total. The minimum atomic E-state index is -0.457. The van der Waals surface area contributed by atoms with Gasteiger partial charge < -0.3 is 15.0 Å². The van der Waals surface area contributed by atoms with E-state index in [1.165, 1.54) is 0 Å². The number of carbonyl (C=O) groups is 3. The van der Waals surface area contributed by atoms with Crippen LogP contribution in [0.25, 0.3) is 0 Å². The van der Waals surface area contributed by atoms with Gasteiger partial charge in [-0.3, -0.25) is 9.59 Å². The largest absolute Gasteiger partial charge is 0.423 e. The van der Waals surface area contributed by atoms with Gasteiger partial charge in [-0.2, -0.15) is 0 Å². The fourth-order valence-corrected chi connectivity index (χ4v) is 4.98. The van der Waals surface area contributed by atoms with E-state index < -0.39 is 17.6 Å². The fourth-order valence-electron chi connectivity index (χ4n) is 4.98. The van der Waals surface area contributed by atoms with Crippen LogP contribution < -0.4 is 10.1 Å². The van der Waals surface area contributed by atoms with E-state index in [0.29, 0.717) is 29.7 Å². The zero-order chi connectivity index (χ0) is 23.0. The van der Waals surface area contributed by atoms with Crippen molar-refractivity contribution in [3.8, 4) is 5.75 Å². The summed E-state index contributed by atoms with van der Waals surface area (Å²) < 4.78 is 5.79. The van der Waals surface area contributed by atoms with Crippen LogP contribution in [0.4, 0.5) is 0 Å². The second-order valence-electron chi connectivity index (χ2n) is 8.89. The van der Waals surface area contributed by atoms with E-state index in [9.17, 15) is 14.4 Å². The molecule has 2 fully saturated rings. The summed E-state index contributed by atoms with van der Waals surface area (Å²) in [5.74, 6) is -0.268. The van der Waals surface area contributed by atoms with Crippen LogP contribution in [0.2, 0.25) is 0 Å². The highest BCUT2D eigenvalue weighted by Gasteiger charge is 2.57. The average Bonchev–Trinajstić information content (AvgIpc) is 3.28. The highest BCUT2D eigenvalue weighted by Crippen LogP contribution is 2.53. The summed E-state index contributed by atoms with van der Waals surface area (Å²) in [5, 5.41) is 3.00. The number of amides is 2. The molecule has 0 aliphatic carbocycles. The first-order valence-corrected chi connectivity index (χ1v) is 11.0. The van der Waals surface area contributed by atoms with Crippen LogP contribution in [0.15, 0.2) is 84.9 Å². The molecule has 2 aliphatic heterocycles. The molecule has 6 nitrogen and oxygen atoms in total. The number of para-hydroxylation sites is 1. The van der Waals surface area contributed by atoms with Gasteiger partial charge in [-0.05, 0) is 36.8 Å². The van der Waals surface area contributed by atoms with Gasteiger partial charge in [0, 0.05) is 23.0 Å². The minimum Gasteiger partial charge on any atom is -0.423 e. The third-order valence-electron chi connectivity index (χ3n) is 6.54. The van der Waals surface area contributed by atoms with Crippen LogP contribution in [0.3, 0.4) is 0 Å². The van der Waals surface area contributed by atoms with Crippen LogP contribution in [-0.4, -0.2) is 28.8 Å². The number of ether oxygens (including phenoxy) is 1. The summed E-state index contributed by atoms with van der Waals surface area (Å²) in [7, 11) is 0. The van der Waals surface area contributed by atoms with Crippen LogP contribution >= 0.6 is 0 Å². The Hall–Kier alpha value is -3.93. The zero-order valence-electron chi connectivity index (χ0n) is 18.2. The van der Waals surface area contributed by atoms with Crippen molar-refractivity contribution in [3.63, 3.8) is 0 Å². The summed E-state index contributed by atoms with van der Waals surface area (Å²) in [6.07, 6.45) is 0.494. The SMILES string of the molecule is C[C@@]12CC(=O)N[C@@H]1N(C(=O)c1ccccc1)[C@@H](c1ccccc1OC(=O)c1ccccc1)C2. The highest BCUT2D eigenvalue weighted by atomic mass is 16.5. The lowest BCUT2D eigenvalue weighted by molar-refractivity contribution is -0.120. The molecule has 2 aliphatic rings. The molecule has 0 bridgehead atoms. The van der Waals surface area contributed by atoms with Gasteiger partial charge in [0.25, 0.3) is 5.91 Å². The molecule has 0 spiro atoms. The third-order valence-corrected chi connectivity index (χ3v) is 6.54. The molecule has 0 aromatic heterocycles. The second kappa shape index (κ2) is 8.20. The van der Waals surface area contributed by atoms with Crippen LogP contribution in [0, 0.1) is 5.41 Å². The first-order chi connectivity index (χ1) is 16.0. The fraction of sp³-hybridized carbons (Fsp3) is 0.222. The molecular weight excluding hydrogens is 416 g/mol. The molecule has 3 atom stereocenters. The number of rotatable bonds is 4. The average molecular weight is 440 g/mol. The number of likely N-dealkylation sites (tertiary alicyclic amines) is 1. The van der Waals surface area contributed by atoms with Crippen molar-refractivity contribution < 1.29 is 19.1 Å². The predicted octanol–water partition coefficient (Wildman–Crippen LogP) is 4.35. The molecule has 3 aromatic rings. The number of fused-ring (bicyclic) bond motifs is 1. The smallest absolute Gasteiger partial charge is 0.343 e. The lowest BCUT2D eigenvalue weighted by Gasteiger charge is -2.32. The summed E-state index contributed by atoms with van der Waals surface area (Å²) in [4.78, 5) is 40.4. The van der Waals surface area contributed by atoms with E-state index in [0.717, 1.165) is 5.56 Å². The Balaban J connectivity index is 1.53. The first kappa shape index (κ1) is 20.9. The molecule has 0 unspecified atom stereocenters. The third kappa shape index (κ3) is 3.78. The normalized spacial score (nSPS) is 23.7. The highest BCUT2D eigenvalue weighted by molar-refractivity contribution is 5.96. The standard InChI is InChI=1S/C27H24N2O4/c1-27-16-21(20-14-8-9-15-22(20)33-25(32)19-12-6-3-7-13-19)29(26(27)28-23(30)17-27)24(31)18-10-4-2-5-11-18/h2-15,21,26H,16-17H2,1H3,(H,28,30)/t21-,26-,27-/m1/s1. The quantitative estimate of drug-likeness (QED) is 0.484. The Morgan fingerprint density at radius 1 is 0.909 bits per heavy atom. The Morgan fingerprint density at radius 3 is 2.21 bits per heavy atom. The van der Waals surface area contributed by atoms with Crippen molar-refractivity contribution in [3.05, 3.63) is 102 Å². The molecule has 2 saturated heterocycles. The van der Waals surface area contributed by atoms with Crippen LogP contribution in [0.5, 0.6) is 5.75 Å². The van der Waals surface area contributed by atoms with E-state index >= 15 is 0 Å². The van der Waals surface area contributed by atoms with Crippen molar-refractivity contribution in [1.82, 2.24) is 10.2 Å². The van der Waals surface area contributed by atoms with Crippen LogP contribution in [-0.2, 0) is 4.79 Å². The van der Waals surface area contributed by atoms with Crippen LogP contribution in [0.1, 0.15) is 52.1 Å². The van der Waals surface area contributed by atoms with E-state index in [4.69, 9.17) is 4.74 Å². The lowest BCUT2D eigenvalue weighted by Crippen LogP contribution is -2.47. The maximum Gasteiger partial charge on any atom is 0.343 e. The first-order valence-electron chi connectivity index (χ1n) is 11.0. The van der Waals surface area contributed by atoms with Gasteiger partial charge in [0.05, 0.1) is 11.6 Å². The topological polar surface area (TPSA) is 75.7 Å². The number of carbonyl (C=O) groups excluding carboxylic acids is 3. The summed E-state index contributed by atoms with van der Waals surface area (Å²) in [6.45, 7) is 2.03. The van der Waals surface area contributed by atoms with Gasteiger partial charge in [0.2, 0.25) is 5.91 Å². The lowest BCUT2D eigenvalue weighted by atomic mass is 9.83. The van der Waals surface area contributed by atoms with Crippen molar-refractivity contribution in [1.29, 1.82) is 0 Å². The predicted molar refractivity (Wildman–Crippen MR) is 122 cm³/mol. The van der Waals surface area contributed by atoms with E-state index in [2.05, 4.69) is 5.32 Å². The maximum absolute atomic E-state index is 13.6. The Kier molecular flexibility index (Phi) is 5.21. The van der Waals surface area contributed by atoms with E-state index in [1.807, 2.05) is 43.3 Å². The monoisotopic (exact) mass is 440 g/mol. The Morgan fingerprint density at radius 2 is 1.52 bits per heavy atom. The molecule has 0 saturated carbocycles. The minimum absolute atomic E-state index is 0.0596. The molecule has 0 radical (unpaired) electrons. The molecule has 2 heterocycles. The Labute approximate surface area is 192 Å². The molecule has 5 rings (SSSR count). The van der Waals surface area contributed by atoms with Crippen molar-refractivity contribution in [2.75, 3.05) is 0 Å². The van der Waals surface area contributed by atoms with Gasteiger partial charge in [0.1, 0.15) is 11.9 Å². The maximum atomic E-state index is 13.6. The van der Waals surface area contributed by atoms with Gasteiger partial charge in [0.15, 0.2) is 0 Å². The summed E-state index contributed by atoms with van der Waals surface area (Å²) in [5.41, 5.74) is 1.33. The number of esters is 1. The zero-order valence-corrected chi connectivity index (χ0v) is 18.2. The van der Waals surface area contributed by atoms with E-state index in [1.54, 1.807) is 53.4 Å². The van der Waals surface area contributed by atoms with Gasteiger partial charge >= 0.3 is 5.97 Å². The molecule has 2 amide bonds. The molecule has 6 heteroatoms. The number of nitrogens with zero attached hydrogens (tertiary/aromatic N) is 1. The second-order valence-corrected chi connectivity index (χ2v) is 8.89. The molecular formula is C27H24N2O4. The Bertz CT molecular complexity index is 1210. The number of nitrogens with one attached hydrogen (secondary N) is 1. The number of hydrogen-bond acceptors (Lipinski definition) is 4. The van der Waals surface area contributed by atoms with Gasteiger partial charge in [-0.1, -0.05) is 61.5 Å². The van der Waals surface area contributed by atoms with Crippen molar-refractivity contribution in [2.24, 2.45) is 5.41 Å². The summed E-state index contributed by atoms with van der Waals surface area (Å²) >= 11 is 0. The number of hydrogen-bond donors (Lipinski definition) is 1. The van der Waals surface area contributed by atoms with E-state index in [-0.39, 0.29) is 17.9 Å². The van der Waals surface area contributed by atoms with Gasteiger partial charge in [-0.25, -0.2) is 4.79 Å². The molecule has 3 aromatic carbocycles. The van der Waals surface area contributed by atoms with Crippen molar-refractivity contribution >= 4 is 17.8 Å². The van der Waals surface area contributed by atoms with Crippen molar-refractivity contribution in [2.45, 2.75) is 32.0 Å². The number of benzene rings is 3.